The van der Waals surface area contributed by atoms with Crippen LogP contribution in [-0.4, -0.2) is 40.8 Å². The van der Waals surface area contributed by atoms with Crippen molar-refractivity contribution >= 4 is 59.8 Å². The molecule has 2 bridgehead atoms. The number of nitrogens with zero attached hydrogens (tertiary/aromatic N) is 3. The van der Waals surface area contributed by atoms with E-state index in [-0.39, 0.29) is 43.3 Å². The summed E-state index contributed by atoms with van der Waals surface area (Å²) in [4.78, 5) is 2.46. The van der Waals surface area contributed by atoms with Crippen LogP contribution in [0.5, 0.6) is 17.5 Å². The molecule has 0 N–H and O–H groups in total. The van der Waals surface area contributed by atoms with E-state index >= 15 is 0 Å². The van der Waals surface area contributed by atoms with Crippen LogP contribution in [0.4, 0.5) is 0 Å². The summed E-state index contributed by atoms with van der Waals surface area (Å²) in [6, 6.07) is 11.5. The van der Waals surface area contributed by atoms with Gasteiger partial charge in [0, 0.05) is 22.2 Å². The summed E-state index contributed by atoms with van der Waals surface area (Å²) in [7, 11) is 0. The Bertz CT molecular complexity index is 668. The summed E-state index contributed by atoms with van der Waals surface area (Å²) in [5.74, 6) is 2.47. The van der Waals surface area contributed by atoms with Crippen molar-refractivity contribution in [3.63, 3.8) is 0 Å². The van der Waals surface area contributed by atoms with Gasteiger partial charge in [0.1, 0.15) is 11.9 Å². The zero-order valence-corrected chi connectivity index (χ0v) is 18.5. The number of ether oxygens (including phenoxy) is 2. The Labute approximate surface area is 185 Å². The van der Waals surface area contributed by atoms with Crippen LogP contribution in [0.15, 0.2) is 36.4 Å². The summed E-state index contributed by atoms with van der Waals surface area (Å²) < 4.78 is 12.9. The van der Waals surface area contributed by atoms with Crippen molar-refractivity contribution < 1.29 is 9.47 Å². The maximum absolute atomic E-state index is 6.04. The van der Waals surface area contributed by atoms with Gasteiger partial charge in [-0.05, 0) is 78.7 Å². The predicted octanol–water partition coefficient (Wildman–Crippen LogP) is 4.61. The number of halogens is 4. The second-order valence-corrected chi connectivity index (χ2v) is 7.31. The smallest absolute Gasteiger partial charge is 0.239 e. The van der Waals surface area contributed by atoms with Crippen LogP contribution in [0.1, 0.15) is 12.8 Å². The minimum absolute atomic E-state index is 0. The van der Waals surface area contributed by atoms with Crippen LogP contribution in [0, 0.1) is 9.49 Å². The number of hydrogen-bond acceptors (Lipinski definition) is 5. The fourth-order valence-corrected chi connectivity index (χ4v) is 3.61. The minimum atomic E-state index is 0. The first-order valence-corrected chi connectivity index (χ1v) is 9.00. The Morgan fingerprint density at radius 2 is 1.50 bits per heavy atom. The van der Waals surface area contributed by atoms with Gasteiger partial charge in [-0.3, -0.25) is 4.90 Å². The van der Waals surface area contributed by atoms with E-state index in [4.69, 9.17) is 9.47 Å². The molecule has 5 rings (SSSR count). The topological polar surface area (TPSA) is 47.5 Å². The van der Waals surface area contributed by atoms with E-state index in [1.165, 1.54) is 29.5 Å². The summed E-state index contributed by atoms with van der Waals surface area (Å²) in [6.07, 6.45) is 2.70. The number of fused-ring (bicyclic) bond motifs is 3. The van der Waals surface area contributed by atoms with Crippen molar-refractivity contribution in [2.45, 2.75) is 18.9 Å². The molecule has 2 aromatic rings. The quantitative estimate of drug-likeness (QED) is 0.539. The highest BCUT2D eigenvalue weighted by Crippen LogP contribution is 2.30. The van der Waals surface area contributed by atoms with Crippen molar-refractivity contribution in [1.29, 1.82) is 0 Å². The average molecular weight is 533 g/mol. The first-order chi connectivity index (χ1) is 11.3. The number of benzene rings is 1. The van der Waals surface area contributed by atoms with Gasteiger partial charge >= 0.3 is 0 Å². The van der Waals surface area contributed by atoms with Gasteiger partial charge in [-0.15, -0.1) is 47.4 Å². The molecule has 3 saturated heterocycles. The average Bonchev–Trinajstić information content (AvgIpc) is 2.60. The van der Waals surface area contributed by atoms with Gasteiger partial charge < -0.3 is 9.47 Å². The number of piperidine rings is 3. The Balaban J connectivity index is 0.00000113. The van der Waals surface area contributed by atoms with Gasteiger partial charge in [-0.2, -0.15) is 0 Å². The van der Waals surface area contributed by atoms with Crippen LogP contribution < -0.4 is 9.47 Å². The fourth-order valence-electron chi connectivity index (χ4n) is 3.25. The zero-order chi connectivity index (χ0) is 15.6. The monoisotopic (exact) mass is 531 g/mol. The molecule has 3 aliphatic rings. The first-order valence-electron chi connectivity index (χ1n) is 7.92. The van der Waals surface area contributed by atoms with Gasteiger partial charge in [0.05, 0.1) is 0 Å². The second kappa shape index (κ2) is 10.7. The molecule has 5 nitrogen and oxygen atoms in total. The van der Waals surface area contributed by atoms with Gasteiger partial charge in [0.15, 0.2) is 0 Å². The molecule has 1 unspecified atom stereocenters. The lowest BCUT2D eigenvalue weighted by Gasteiger charge is -2.44. The van der Waals surface area contributed by atoms with E-state index in [1.54, 1.807) is 0 Å². The Morgan fingerprint density at radius 1 is 0.885 bits per heavy atom. The minimum Gasteiger partial charge on any atom is -0.472 e. The van der Waals surface area contributed by atoms with Crippen LogP contribution in [-0.2, 0) is 0 Å². The Hall–Kier alpha value is -0.540. The molecule has 144 valence electrons. The van der Waals surface area contributed by atoms with Gasteiger partial charge in [-0.1, -0.05) is 0 Å². The van der Waals surface area contributed by atoms with E-state index in [1.807, 2.05) is 36.4 Å². The molecule has 0 amide bonds. The number of aromatic nitrogens is 2. The third-order valence-electron chi connectivity index (χ3n) is 4.52. The van der Waals surface area contributed by atoms with Gasteiger partial charge in [0.25, 0.3) is 0 Å². The fraction of sp³-hybridized carbons (Fsp3) is 0.412. The molecule has 26 heavy (non-hydrogen) atoms. The predicted molar refractivity (Wildman–Crippen MR) is 117 cm³/mol. The summed E-state index contributed by atoms with van der Waals surface area (Å²) in [5, 5.41) is 8.26. The lowest BCUT2D eigenvalue weighted by Crippen LogP contribution is -2.52. The summed E-state index contributed by atoms with van der Waals surface area (Å²) in [6.45, 7) is 3.42. The molecule has 1 atom stereocenters. The normalized spacial score (nSPS) is 23.0. The first kappa shape index (κ1) is 23.5. The Kier molecular flexibility index (Phi) is 9.68. The molecule has 0 radical (unpaired) electrons. The standard InChI is InChI=1S/C17H18IN3O2.3ClH/c18-13-1-3-14(4-2-13)22-16-5-6-17(20-19-16)23-15-11-21-9-7-12(15)8-10-21;;;/h1-6,12,15H,7-11H2;3*1H. The third kappa shape index (κ3) is 5.73. The maximum Gasteiger partial charge on any atom is 0.239 e. The van der Waals surface area contributed by atoms with Crippen molar-refractivity contribution in [2.24, 2.45) is 5.92 Å². The molecule has 9 heteroatoms. The summed E-state index contributed by atoms with van der Waals surface area (Å²) >= 11 is 2.26. The van der Waals surface area contributed by atoms with E-state index in [0.29, 0.717) is 17.7 Å². The maximum atomic E-state index is 6.04. The largest absolute Gasteiger partial charge is 0.472 e. The molecule has 0 spiro atoms. The van der Waals surface area contributed by atoms with Crippen LogP contribution >= 0.6 is 59.8 Å². The van der Waals surface area contributed by atoms with Gasteiger partial charge in [0.2, 0.25) is 11.8 Å². The number of rotatable bonds is 4. The molecule has 4 heterocycles. The Morgan fingerprint density at radius 3 is 2.04 bits per heavy atom. The van der Waals surface area contributed by atoms with E-state index < -0.39 is 0 Å². The highest BCUT2D eigenvalue weighted by molar-refractivity contribution is 14.1. The highest BCUT2D eigenvalue weighted by Gasteiger charge is 2.35. The molecule has 3 fully saturated rings. The molecule has 0 saturated carbocycles. The van der Waals surface area contributed by atoms with E-state index in [9.17, 15) is 0 Å². The van der Waals surface area contributed by atoms with Crippen molar-refractivity contribution in [3.8, 4) is 17.5 Å². The molecular formula is C17H21Cl3IN3O2. The summed E-state index contributed by atoms with van der Waals surface area (Å²) in [5.41, 5.74) is 0. The molecule has 1 aromatic heterocycles. The molecular weight excluding hydrogens is 511 g/mol. The lowest BCUT2D eigenvalue weighted by molar-refractivity contribution is -0.0104. The van der Waals surface area contributed by atoms with Crippen LogP contribution in [0.3, 0.4) is 0 Å². The lowest BCUT2D eigenvalue weighted by atomic mass is 9.86. The van der Waals surface area contributed by atoms with Crippen LogP contribution in [0.25, 0.3) is 0 Å². The van der Waals surface area contributed by atoms with Crippen molar-refractivity contribution in [2.75, 3.05) is 19.6 Å². The molecule has 1 aromatic carbocycles. The van der Waals surface area contributed by atoms with E-state index in [0.717, 1.165) is 12.3 Å². The van der Waals surface area contributed by atoms with Gasteiger partial charge in [-0.25, -0.2) is 0 Å². The van der Waals surface area contributed by atoms with Crippen LogP contribution in [0.2, 0.25) is 0 Å². The van der Waals surface area contributed by atoms with Crippen molar-refractivity contribution in [1.82, 2.24) is 15.1 Å². The SMILES string of the molecule is Cl.Cl.Cl.Ic1ccc(Oc2ccc(OC3CN4CCC3CC4)nn2)cc1. The number of hydrogen-bond donors (Lipinski definition) is 0. The van der Waals surface area contributed by atoms with Crippen molar-refractivity contribution in [3.05, 3.63) is 40.0 Å². The molecule has 0 aliphatic carbocycles. The molecule has 3 aliphatic heterocycles. The zero-order valence-electron chi connectivity index (χ0n) is 13.9. The third-order valence-corrected chi connectivity index (χ3v) is 5.24. The highest BCUT2D eigenvalue weighted by atomic mass is 127. The second-order valence-electron chi connectivity index (χ2n) is 6.06. The van der Waals surface area contributed by atoms with E-state index in [2.05, 4.69) is 37.7 Å².